The van der Waals surface area contributed by atoms with E-state index in [1.807, 2.05) is 0 Å². The smallest absolute Gasteiger partial charge is 0.329 e. The molecule has 0 amide bonds. The largest absolute Gasteiger partial charge is 0.375 e. The first-order valence-electron chi connectivity index (χ1n) is 12.7. The van der Waals surface area contributed by atoms with Gasteiger partial charge in [0.05, 0.1) is 0 Å². The van der Waals surface area contributed by atoms with Crippen molar-refractivity contribution in [2.45, 2.75) is 0 Å². The van der Waals surface area contributed by atoms with E-state index in [4.69, 9.17) is 0 Å². The zero-order valence-corrected chi connectivity index (χ0v) is 19.6. The minimum atomic E-state index is 0.200. The van der Waals surface area contributed by atoms with Gasteiger partial charge in [-0.15, -0.1) is 0 Å². The molecule has 3 heterocycles. The van der Waals surface area contributed by atoms with E-state index in [0.717, 1.165) is 0 Å². The highest BCUT2D eigenvalue weighted by Crippen LogP contribution is 2.46. The molecule has 7 aromatic rings. The fourth-order valence-corrected chi connectivity index (χ4v) is 6.86. The predicted octanol–water partition coefficient (Wildman–Crippen LogP) is 7.23. The highest BCUT2D eigenvalue weighted by atomic mass is 14.9. The lowest BCUT2D eigenvalue weighted by molar-refractivity contribution is 1.31. The SMILES string of the molecule is c1ccc2c(c1)B1c3ccccc3-c3cc(-c4ccc5ccccc5c4)cc4c5cccc-2c5n1c34. The third kappa shape index (κ3) is 2.23. The van der Waals surface area contributed by atoms with E-state index in [2.05, 4.69) is 126 Å². The number of hydrogen-bond donors (Lipinski definition) is 0. The maximum atomic E-state index is 2.63. The highest BCUT2D eigenvalue weighted by molar-refractivity contribution is 6.88. The molecule has 1 aromatic heterocycles. The van der Waals surface area contributed by atoms with E-state index in [1.165, 1.54) is 76.9 Å². The molecule has 0 atom stereocenters. The Bertz CT molecular complexity index is 2060. The molecular formula is C34H20BN. The quantitative estimate of drug-likeness (QED) is 0.231. The lowest BCUT2D eigenvalue weighted by atomic mass is 9.45. The van der Waals surface area contributed by atoms with Gasteiger partial charge in [-0.05, 0) is 62.2 Å². The van der Waals surface area contributed by atoms with Gasteiger partial charge in [-0.25, -0.2) is 0 Å². The van der Waals surface area contributed by atoms with E-state index in [-0.39, 0.29) is 6.85 Å². The average Bonchev–Trinajstić information content (AvgIpc) is 3.28. The number of benzene rings is 6. The number of para-hydroxylation sites is 1. The van der Waals surface area contributed by atoms with E-state index in [0.29, 0.717) is 0 Å². The normalized spacial score (nSPS) is 12.9. The summed E-state index contributed by atoms with van der Waals surface area (Å²) in [7, 11) is 0. The zero-order chi connectivity index (χ0) is 23.4. The van der Waals surface area contributed by atoms with Crippen LogP contribution < -0.4 is 10.9 Å². The van der Waals surface area contributed by atoms with Gasteiger partial charge in [0, 0.05) is 32.9 Å². The standard InChI is InChI=1S/C34H20BN/c1-2-9-22-18-23(17-16-21(22)8-1)24-19-29-26-11-4-6-15-32(26)35-31-14-5-3-10-25(31)27-12-7-13-28-30(20-24)34(29)36(35)33(27)28/h1-20H. The average molecular weight is 453 g/mol. The summed E-state index contributed by atoms with van der Waals surface area (Å²) in [4.78, 5) is 0. The molecule has 2 aliphatic rings. The minimum Gasteiger partial charge on any atom is -0.375 e. The second-order valence-electron chi connectivity index (χ2n) is 10.1. The summed E-state index contributed by atoms with van der Waals surface area (Å²) < 4.78 is 2.63. The van der Waals surface area contributed by atoms with Crippen LogP contribution in [0.2, 0.25) is 0 Å². The van der Waals surface area contributed by atoms with Gasteiger partial charge in [-0.2, -0.15) is 0 Å². The number of nitrogens with zero attached hydrogens (tertiary/aromatic N) is 1. The molecule has 1 nitrogen and oxygen atoms in total. The summed E-state index contributed by atoms with van der Waals surface area (Å²) >= 11 is 0. The number of hydrogen-bond acceptors (Lipinski definition) is 0. The monoisotopic (exact) mass is 453 g/mol. The molecule has 2 aliphatic heterocycles. The topological polar surface area (TPSA) is 4.93 Å². The van der Waals surface area contributed by atoms with Crippen molar-refractivity contribution in [1.29, 1.82) is 0 Å². The van der Waals surface area contributed by atoms with Crippen LogP contribution in [0.3, 0.4) is 0 Å². The molecule has 0 unspecified atom stereocenters. The number of fused-ring (bicyclic) bond motifs is 8. The maximum absolute atomic E-state index is 2.63. The molecule has 0 N–H and O–H groups in total. The van der Waals surface area contributed by atoms with Crippen LogP contribution in [0.1, 0.15) is 0 Å². The summed E-state index contributed by atoms with van der Waals surface area (Å²) in [5.74, 6) is 0. The van der Waals surface area contributed by atoms with Crippen molar-refractivity contribution in [3.8, 4) is 33.4 Å². The number of aromatic nitrogens is 1. The van der Waals surface area contributed by atoms with Crippen LogP contribution in [0.25, 0.3) is 66.0 Å². The molecule has 0 saturated carbocycles. The van der Waals surface area contributed by atoms with Gasteiger partial charge in [0.15, 0.2) is 0 Å². The Hall–Kier alpha value is -4.56. The third-order valence-corrected chi connectivity index (χ3v) is 8.35. The van der Waals surface area contributed by atoms with Crippen LogP contribution in [0.15, 0.2) is 121 Å². The maximum Gasteiger partial charge on any atom is 0.329 e. The van der Waals surface area contributed by atoms with Crippen LogP contribution in [-0.4, -0.2) is 11.3 Å². The molecule has 2 heteroatoms. The lowest BCUT2D eigenvalue weighted by Gasteiger charge is -2.32. The second kappa shape index (κ2) is 6.56. The van der Waals surface area contributed by atoms with Crippen molar-refractivity contribution in [2.24, 2.45) is 0 Å². The van der Waals surface area contributed by atoms with Crippen molar-refractivity contribution >= 4 is 50.4 Å². The van der Waals surface area contributed by atoms with Gasteiger partial charge in [0.25, 0.3) is 0 Å². The summed E-state index contributed by atoms with van der Waals surface area (Å²) in [6.45, 7) is 0.200. The third-order valence-electron chi connectivity index (χ3n) is 8.35. The molecule has 36 heavy (non-hydrogen) atoms. The van der Waals surface area contributed by atoms with E-state index in [1.54, 1.807) is 0 Å². The van der Waals surface area contributed by atoms with E-state index < -0.39 is 0 Å². The lowest BCUT2D eigenvalue weighted by Crippen LogP contribution is -2.53. The van der Waals surface area contributed by atoms with Gasteiger partial charge in [-0.1, -0.05) is 103 Å². The summed E-state index contributed by atoms with van der Waals surface area (Å²) in [5, 5.41) is 5.25. The molecule has 9 rings (SSSR count). The van der Waals surface area contributed by atoms with Crippen molar-refractivity contribution < 1.29 is 0 Å². The fraction of sp³-hybridized carbons (Fsp3) is 0. The molecule has 0 fully saturated rings. The highest BCUT2D eigenvalue weighted by Gasteiger charge is 2.38. The number of rotatable bonds is 1. The van der Waals surface area contributed by atoms with Crippen LogP contribution >= 0.6 is 0 Å². The molecule has 0 radical (unpaired) electrons. The Labute approximate surface area is 209 Å². The Morgan fingerprint density at radius 1 is 0.417 bits per heavy atom. The summed E-state index contributed by atoms with van der Waals surface area (Å²) in [5.41, 5.74) is 13.4. The first-order valence-corrected chi connectivity index (χ1v) is 12.7. The second-order valence-corrected chi connectivity index (χ2v) is 10.1. The van der Waals surface area contributed by atoms with Crippen LogP contribution in [0, 0.1) is 0 Å². The first-order chi connectivity index (χ1) is 17.9. The van der Waals surface area contributed by atoms with E-state index >= 15 is 0 Å². The zero-order valence-electron chi connectivity index (χ0n) is 19.6. The van der Waals surface area contributed by atoms with Crippen molar-refractivity contribution in [3.63, 3.8) is 0 Å². The predicted molar refractivity (Wildman–Crippen MR) is 154 cm³/mol. The molecular weight excluding hydrogens is 433 g/mol. The first kappa shape index (κ1) is 18.7. The molecule has 164 valence electrons. The molecule has 0 saturated heterocycles. The van der Waals surface area contributed by atoms with Gasteiger partial charge in [0.1, 0.15) is 0 Å². The van der Waals surface area contributed by atoms with Crippen molar-refractivity contribution in [2.75, 3.05) is 0 Å². The molecule has 0 aliphatic carbocycles. The Kier molecular flexibility index (Phi) is 3.41. The minimum absolute atomic E-state index is 0.200. The molecule has 0 spiro atoms. The van der Waals surface area contributed by atoms with Crippen molar-refractivity contribution in [1.82, 2.24) is 4.48 Å². The summed E-state index contributed by atoms with van der Waals surface area (Å²) in [6, 6.07) is 45.1. The summed E-state index contributed by atoms with van der Waals surface area (Å²) in [6.07, 6.45) is 0. The van der Waals surface area contributed by atoms with E-state index in [9.17, 15) is 0 Å². The van der Waals surface area contributed by atoms with Crippen LogP contribution in [-0.2, 0) is 0 Å². The Morgan fingerprint density at radius 2 is 1.08 bits per heavy atom. The Balaban J connectivity index is 1.47. The molecule has 6 aromatic carbocycles. The van der Waals surface area contributed by atoms with Gasteiger partial charge in [0.2, 0.25) is 0 Å². The van der Waals surface area contributed by atoms with Crippen LogP contribution in [0.5, 0.6) is 0 Å². The van der Waals surface area contributed by atoms with Crippen molar-refractivity contribution in [3.05, 3.63) is 121 Å². The van der Waals surface area contributed by atoms with Crippen LogP contribution in [0.4, 0.5) is 0 Å². The van der Waals surface area contributed by atoms with Gasteiger partial charge in [-0.3, -0.25) is 0 Å². The van der Waals surface area contributed by atoms with Gasteiger partial charge < -0.3 is 4.48 Å². The Morgan fingerprint density at radius 3 is 1.92 bits per heavy atom. The fourth-order valence-electron chi connectivity index (χ4n) is 6.86. The van der Waals surface area contributed by atoms with Gasteiger partial charge >= 0.3 is 6.85 Å². The molecule has 0 bridgehead atoms.